The molecular weight excluding hydrogens is 983 g/mol. The minimum atomic E-state index is -4.69. The van der Waals surface area contributed by atoms with Crippen LogP contribution in [0.15, 0.2) is 54.6 Å². The third-order valence-electron chi connectivity index (χ3n) is 13.0. The van der Waals surface area contributed by atoms with Crippen molar-refractivity contribution < 1.29 is 72.6 Å². The molecule has 1 aromatic heterocycles. The van der Waals surface area contributed by atoms with E-state index in [0.717, 1.165) is 47.3 Å². The summed E-state index contributed by atoms with van der Waals surface area (Å²) in [5, 5.41) is 40.5. The molecule has 3 fully saturated rings. The first-order chi connectivity index (χ1) is 31.3. The summed E-state index contributed by atoms with van der Waals surface area (Å²) in [7, 11) is 4.64. The van der Waals surface area contributed by atoms with Crippen molar-refractivity contribution in [1.29, 1.82) is 0 Å². The number of alkyl halides is 3. The molecule has 0 spiro atoms. The summed E-state index contributed by atoms with van der Waals surface area (Å²) in [5.74, 6) is 0.547. The van der Waals surface area contributed by atoms with Gasteiger partial charge < -0.3 is 46.5 Å². The number of piperidine rings is 3. The minimum absolute atomic E-state index is 0. The molecule has 1 amide bonds. The van der Waals surface area contributed by atoms with E-state index in [4.69, 9.17) is 60.6 Å². The molecule has 0 radical (unpaired) electrons. The normalized spacial score (nSPS) is 17.1. The van der Waals surface area contributed by atoms with Crippen molar-refractivity contribution in [3.63, 3.8) is 0 Å². The van der Waals surface area contributed by atoms with Crippen LogP contribution in [-0.2, 0) is 38.6 Å². The van der Waals surface area contributed by atoms with E-state index in [1.54, 1.807) is 42.3 Å². The molecule has 4 heterocycles. The summed E-state index contributed by atoms with van der Waals surface area (Å²) in [6, 6.07) is 16.3. The molecule has 7 rings (SSSR count). The van der Waals surface area contributed by atoms with Gasteiger partial charge in [0, 0.05) is 23.9 Å². The quantitative estimate of drug-likeness (QED) is 0.138. The number of carbonyl (C=O) groups is 2. The molecule has 68 heavy (non-hydrogen) atoms. The van der Waals surface area contributed by atoms with Gasteiger partial charge in [-0.1, -0.05) is 64.6 Å². The molecule has 3 aliphatic heterocycles. The molecule has 0 aliphatic carbocycles. The van der Waals surface area contributed by atoms with E-state index >= 15 is 0 Å². The third kappa shape index (κ3) is 13.5. The first-order valence-electron chi connectivity index (χ1n) is 21.3. The monoisotopic (exact) mass is 1040 g/mol. The first-order valence-corrected chi connectivity index (χ1v) is 22.8. The average molecular weight is 1040 g/mol. The van der Waals surface area contributed by atoms with Crippen LogP contribution in [0.2, 0.25) is 20.1 Å². The zero-order valence-electron chi connectivity index (χ0n) is 39.2. The number of methoxy groups -OCH3 is 3. The van der Waals surface area contributed by atoms with E-state index in [9.17, 15) is 38.1 Å². The molecule has 3 saturated heterocycles. The number of ether oxygens (including phenoxy) is 3. The van der Waals surface area contributed by atoms with Gasteiger partial charge in [-0.2, -0.15) is 18.3 Å². The molecule has 3 aromatic carbocycles. The number of aliphatic hydroxyl groups excluding tert-OH is 2. The van der Waals surface area contributed by atoms with Gasteiger partial charge >= 0.3 is 31.0 Å². The molecule has 4 aromatic rings. The number of halogens is 7. The zero-order chi connectivity index (χ0) is 48.5. The summed E-state index contributed by atoms with van der Waals surface area (Å²) in [6.45, 7) is 5.05. The number of aromatic nitrogens is 2. The Bertz CT molecular complexity index is 2320. The number of hydrogen-bond acceptors (Lipinski definition) is 10. The minimum Gasteiger partial charge on any atom is -1.00 e. The predicted molar refractivity (Wildman–Crippen MR) is 259 cm³/mol. The van der Waals surface area contributed by atoms with E-state index in [1.807, 2.05) is 24.3 Å². The van der Waals surface area contributed by atoms with E-state index < -0.39 is 33.7 Å². The smallest absolute Gasteiger partial charge is 1.00 e. The Morgan fingerprint density at radius 1 is 0.721 bits per heavy atom. The van der Waals surface area contributed by atoms with Gasteiger partial charge in [-0.15, -0.1) is 0 Å². The number of aliphatic carboxylic acids is 1. The number of benzene rings is 3. The van der Waals surface area contributed by atoms with Gasteiger partial charge in [-0.05, 0) is 125 Å². The van der Waals surface area contributed by atoms with Crippen LogP contribution >= 0.6 is 46.4 Å². The second kappa shape index (κ2) is 26.0. The summed E-state index contributed by atoms with van der Waals surface area (Å²) in [5.41, 5.74) is 0.0645. The number of aliphatic hydroxyl groups is 2. The maximum atomic E-state index is 13.0. The average Bonchev–Trinajstić information content (AvgIpc) is 3.62. The van der Waals surface area contributed by atoms with Gasteiger partial charge in [-0.3, -0.25) is 14.3 Å². The van der Waals surface area contributed by atoms with Crippen LogP contribution < -0.4 is 43.7 Å². The van der Waals surface area contributed by atoms with Crippen molar-refractivity contribution in [3.05, 3.63) is 103 Å². The summed E-state index contributed by atoms with van der Waals surface area (Å²) in [6.07, 6.45) is -0.705. The zero-order valence-corrected chi connectivity index (χ0v) is 41.2. The van der Waals surface area contributed by atoms with Crippen molar-refractivity contribution in [2.45, 2.75) is 74.4 Å². The van der Waals surface area contributed by atoms with E-state index in [-0.39, 0.29) is 74.4 Å². The van der Waals surface area contributed by atoms with Crippen molar-refractivity contribution in [2.75, 3.05) is 73.8 Å². The Labute approximate surface area is 439 Å². The largest absolute Gasteiger partial charge is 1.00 e. The van der Waals surface area contributed by atoms with Gasteiger partial charge in [-0.25, -0.2) is 0 Å². The number of rotatable bonds is 11. The second-order valence-corrected chi connectivity index (χ2v) is 18.2. The molecular formula is C46H60AlCl4F3LiN5O8. The Balaban J connectivity index is 0.000000370. The Morgan fingerprint density at radius 2 is 1.12 bits per heavy atom. The topological polar surface area (TPSA) is 168 Å². The standard InChI is InChI=1S/C20H22Cl2F3N3O3.C13H16ClNO3.C13H18ClNO2.Al.Li.4H/c1-12-17(22)18(20(23,24)25)26-28(12)10-16(30)27-7-5-19(11-29,6-8-27)13-3-4-14(21)15(9-13)31-2;1-18-11-8-9(2-3-10(11)14)13(12(16)17)4-6-15-7-5-13;1-17-12-8-10(2-3-11(12)14)13(9-16)4-6-15-7-5-13;;;;;;/h3-4,9,29H,5-8,10-11H2,1-2H3;2-3,8,15H,4-7H2,1H3,(H,16,17);2-3,8,15-16H,4-7,9H2,1H3;;;;;;/q;;;;+1;;;;-1. The SMILES string of the molecule is COc1cc(C2(C(=O)O)CCNCC2)ccc1Cl.COc1cc(C2(CO)CCN(C(=O)Cn3nc(C(F)(F)F)c(Cl)c3C)CC2)ccc1Cl.COc1cc(C2(CO)CCNCC2)ccc1Cl.[AlH3].[H-].[Li+]. The van der Waals surface area contributed by atoms with Gasteiger partial charge in [0.2, 0.25) is 5.91 Å². The van der Waals surface area contributed by atoms with Crippen LogP contribution in [0.25, 0.3) is 0 Å². The maximum absolute atomic E-state index is 13.0. The molecule has 13 nitrogen and oxygen atoms in total. The van der Waals surface area contributed by atoms with Gasteiger partial charge in [0.05, 0.1) is 65.7 Å². The van der Waals surface area contributed by atoms with Gasteiger partial charge in [0.15, 0.2) is 23.1 Å². The van der Waals surface area contributed by atoms with Crippen LogP contribution in [0.4, 0.5) is 13.2 Å². The predicted octanol–water partition coefficient (Wildman–Crippen LogP) is 4.03. The van der Waals surface area contributed by atoms with Crippen molar-refractivity contribution >= 4 is 75.6 Å². The van der Waals surface area contributed by atoms with Crippen LogP contribution in [0.1, 0.15) is 68.0 Å². The molecule has 5 N–H and O–H groups in total. The molecule has 0 unspecified atom stereocenters. The Hall–Kier alpha value is -2.87. The number of carboxylic acid groups (broad SMARTS) is 1. The number of nitrogens with one attached hydrogen (secondary N) is 2. The first kappa shape index (κ1) is 59.4. The molecule has 0 bridgehead atoms. The van der Waals surface area contributed by atoms with Crippen molar-refractivity contribution in [3.8, 4) is 17.2 Å². The van der Waals surface area contributed by atoms with Crippen LogP contribution in [0, 0.1) is 6.92 Å². The third-order valence-corrected chi connectivity index (χ3v) is 14.4. The van der Waals surface area contributed by atoms with Crippen LogP contribution in [0.3, 0.4) is 0 Å². The number of carbonyl (C=O) groups excluding carboxylic acids is 1. The fourth-order valence-corrected chi connectivity index (χ4v) is 9.50. The number of nitrogens with zero attached hydrogens (tertiary/aromatic N) is 3. The molecule has 0 saturated carbocycles. The van der Waals surface area contributed by atoms with Crippen molar-refractivity contribution in [2.24, 2.45) is 0 Å². The van der Waals surface area contributed by atoms with E-state index in [1.165, 1.54) is 21.1 Å². The van der Waals surface area contributed by atoms with E-state index in [2.05, 4.69) is 15.7 Å². The van der Waals surface area contributed by atoms with Gasteiger partial charge in [0.1, 0.15) is 23.8 Å². The number of hydrogen-bond donors (Lipinski definition) is 5. The molecule has 0 atom stereocenters. The number of likely N-dealkylation sites (tertiary alicyclic amines) is 1. The van der Waals surface area contributed by atoms with E-state index in [0.29, 0.717) is 84.2 Å². The van der Waals surface area contributed by atoms with Crippen molar-refractivity contribution in [1.82, 2.24) is 25.3 Å². The summed E-state index contributed by atoms with van der Waals surface area (Å²) in [4.78, 5) is 25.9. The fourth-order valence-electron chi connectivity index (χ4n) is 8.67. The molecule has 3 aliphatic rings. The molecule has 22 heteroatoms. The second-order valence-electron chi connectivity index (χ2n) is 16.6. The Kier molecular flexibility index (Phi) is 22.7. The number of carboxylic acids is 1. The van der Waals surface area contributed by atoms with Crippen LogP contribution in [-0.4, -0.2) is 133 Å². The number of amides is 1. The summed E-state index contributed by atoms with van der Waals surface area (Å²) < 4.78 is 55.6. The van der Waals surface area contributed by atoms with Crippen LogP contribution in [0.5, 0.6) is 17.2 Å². The summed E-state index contributed by atoms with van der Waals surface area (Å²) >= 11 is 23.8. The molecule has 370 valence electrons. The fraction of sp³-hybridized carbons (Fsp3) is 0.500. The Morgan fingerprint density at radius 3 is 1.50 bits per heavy atom. The van der Waals surface area contributed by atoms with Gasteiger partial charge in [0.25, 0.3) is 0 Å². The maximum Gasteiger partial charge on any atom is 1.00 e.